The number of hydrogen-bond donors (Lipinski definition) is 3. The average Bonchev–Trinajstić information content (AvgIpc) is 3.91. The molecule has 5 aromatic rings. The summed E-state index contributed by atoms with van der Waals surface area (Å²) in [5, 5.41) is 17.4. The molecule has 2 saturated heterocycles. The first-order chi connectivity index (χ1) is 27.6. The zero-order chi connectivity index (χ0) is 39.4. The molecule has 0 saturated carbocycles. The molecule has 14 nitrogen and oxygen atoms in total. The van der Waals surface area contributed by atoms with Crippen LogP contribution in [0.2, 0.25) is 0 Å². The largest absolute Gasteiger partial charge is 0.392 e. The first-order valence-electron chi connectivity index (χ1n) is 20.0. The SMILES string of the molecule is C=CC(=O)Nc1cc(Nc2nc(-c3ccnc(N4CCn5c(cc6c5CC(C)(C)C6)C4=O)c3CO)cn3ccnc23)ccc1N1CCN(C2CCOCC2)CC1C. The van der Waals surface area contributed by atoms with Crippen LogP contribution < -0.4 is 20.4 Å². The molecule has 1 unspecified atom stereocenters. The summed E-state index contributed by atoms with van der Waals surface area (Å²) in [6.07, 6.45) is 12.4. The Labute approximate surface area is 332 Å². The van der Waals surface area contributed by atoms with Crippen molar-refractivity contribution in [1.29, 1.82) is 0 Å². The summed E-state index contributed by atoms with van der Waals surface area (Å²) in [4.78, 5) is 47.7. The second-order valence-corrected chi connectivity index (χ2v) is 16.5. The van der Waals surface area contributed by atoms with Crippen molar-refractivity contribution in [1.82, 2.24) is 28.8 Å². The number of ether oxygens (including phenoxy) is 1. The number of imidazole rings is 1. The van der Waals surface area contributed by atoms with E-state index in [1.54, 1.807) is 17.3 Å². The van der Waals surface area contributed by atoms with Gasteiger partial charge in [0.05, 0.1) is 23.7 Å². The number of fused-ring (bicyclic) bond motifs is 4. The summed E-state index contributed by atoms with van der Waals surface area (Å²) in [5.74, 6) is 0.495. The molecule has 3 aliphatic heterocycles. The van der Waals surface area contributed by atoms with Gasteiger partial charge in [0.2, 0.25) is 5.91 Å². The Morgan fingerprint density at radius 1 is 1.07 bits per heavy atom. The summed E-state index contributed by atoms with van der Waals surface area (Å²) in [6.45, 7) is 15.6. The number of nitrogens with one attached hydrogen (secondary N) is 2. The van der Waals surface area contributed by atoms with Crippen molar-refractivity contribution >= 4 is 46.2 Å². The van der Waals surface area contributed by atoms with Gasteiger partial charge >= 0.3 is 0 Å². The number of rotatable bonds is 9. The quantitative estimate of drug-likeness (QED) is 0.166. The fourth-order valence-electron chi connectivity index (χ4n) is 9.38. The number of benzene rings is 1. The fourth-order valence-corrected chi connectivity index (χ4v) is 9.38. The molecule has 2 amide bonds. The van der Waals surface area contributed by atoms with Gasteiger partial charge in [-0.15, -0.1) is 0 Å². The van der Waals surface area contributed by atoms with Crippen LogP contribution in [0, 0.1) is 5.41 Å². The van der Waals surface area contributed by atoms with Crippen LogP contribution in [-0.4, -0.2) is 97.2 Å². The van der Waals surface area contributed by atoms with Crippen molar-refractivity contribution in [2.45, 2.75) is 71.7 Å². The topological polar surface area (TPSA) is 145 Å². The van der Waals surface area contributed by atoms with E-state index in [-0.39, 0.29) is 29.9 Å². The number of anilines is 5. The van der Waals surface area contributed by atoms with E-state index < -0.39 is 0 Å². The van der Waals surface area contributed by atoms with Gasteiger partial charge in [-0.05, 0) is 80.0 Å². The van der Waals surface area contributed by atoms with Crippen LogP contribution in [0.1, 0.15) is 60.9 Å². The van der Waals surface area contributed by atoms with Crippen LogP contribution in [0.4, 0.5) is 28.7 Å². The highest BCUT2D eigenvalue weighted by molar-refractivity contribution is 6.06. The first-order valence-corrected chi connectivity index (χ1v) is 20.0. The molecule has 14 heteroatoms. The van der Waals surface area contributed by atoms with Crippen LogP contribution in [0.3, 0.4) is 0 Å². The Kier molecular flexibility index (Phi) is 9.58. The van der Waals surface area contributed by atoms with E-state index in [4.69, 9.17) is 9.72 Å². The lowest BCUT2D eigenvalue weighted by atomic mass is 9.90. The normalized spacial score (nSPS) is 19.8. The maximum Gasteiger partial charge on any atom is 0.276 e. The minimum Gasteiger partial charge on any atom is -0.392 e. The van der Waals surface area contributed by atoms with Gasteiger partial charge < -0.3 is 34.3 Å². The monoisotopic (exact) mass is 770 g/mol. The number of pyridine rings is 1. The Hall–Kier alpha value is -5.57. The van der Waals surface area contributed by atoms with Gasteiger partial charge in [-0.25, -0.2) is 15.0 Å². The molecule has 0 bridgehead atoms. The number of carbonyl (C=O) groups is 2. The molecule has 57 heavy (non-hydrogen) atoms. The number of piperazine rings is 1. The van der Waals surface area contributed by atoms with Crippen molar-refractivity contribution in [3.05, 3.63) is 90.3 Å². The van der Waals surface area contributed by atoms with Gasteiger partial charge in [0.15, 0.2) is 11.5 Å². The first kappa shape index (κ1) is 37.0. The van der Waals surface area contributed by atoms with Crippen molar-refractivity contribution in [3.63, 3.8) is 0 Å². The van der Waals surface area contributed by atoms with Crippen LogP contribution in [0.15, 0.2) is 67.8 Å². The molecule has 0 spiro atoms. The van der Waals surface area contributed by atoms with Crippen LogP contribution in [-0.2, 0) is 35.5 Å². The van der Waals surface area contributed by atoms with Gasteiger partial charge in [-0.3, -0.25) is 19.4 Å². The molecule has 4 aliphatic rings. The Bertz CT molecular complexity index is 2380. The molecule has 3 N–H and O–H groups in total. The number of amides is 2. The zero-order valence-electron chi connectivity index (χ0n) is 32.9. The highest BCUT2D eigenvalue weighted by Gasteiger charge is 2.38. The van der Waals surface area contributed by atoms with E-state index in [2.05, 4.69) is 62.3 Å². The summed E-state index contributed by atoms with van der Waals surface area (Å²) < 4.78 is 9.66. The summed E-state index contributed by atoms with van der Waals surface area (Å²) in [5.41, 5.74) is 8.01. The number of carbonyl (C=O) groups excluding carboxylic acids is 2. The fraction of sp³-hybridized carbons (Fsp3) is 0.419. The maximum atomic E-state index is 14.0. The second kappa shape index (κ2) is 14.7. The van der Waals surface area contributed by atoms with Crippen molar-refractivity contribution < 1.29 is 19.4 Å². The summed E-state index contributed by atoms with van der Waals surface area (Å²) >= 11 is 0. The Morgan fingerprint density at radius 3 is 2.70 bits per heavy atom. The number of hydrogen-bond acceptors (Lipinski definition) is 10. The molecular formula is C43H50N10O4. The van der Waals surface area contributed by atoms with Gasteiger partial charge in [0, 0.05) is 105 Å². The van der Waals surface area contributed by atoms with Crippen LogP contribution >= 0.6 is 0 Å². The summed E-state index contributed by atoms with van der Waals surface area (Å²) in [6, 6.07) is 10.6. The molecular weight excluding hydrogens is 721 g/mol. The van der Waals surface area contributed by atoms with E-state index in [1.165, 1.54) is 17.3 Å². The lowest BCUT2D eigenvalue weighted by molar-refractivity contribution is -0.111. The standard InChI is InChI=1S/C43H50N10O4/c1-5-38(55)47-33-21-29(6-7-35(33)51-15-14-49(24-27(51)2)30-9-18-57-19-10-30)46-39-41-45-12-13-50(41)25-34(48-39)31-8-11-44-40(32(31)26-54)53-17-16-52-36(42(53)56)20-28-22-43(3,4)23-37(28)52/h5-8,11-13,20-21,25,27,30,54H,1,9-10,14-19,22-24,26H2,2-4H3,(H,46,48)(H,47,55). The van der Waals surface area contributed by atoms with Gasteiger partial charge in [-0.1, -0.05) is 20.4 Å². The minimum absolute atomic E-state index is 0.119. The van der Waals surface area contributed by atoms with E-state index in [0.29, 0.717) is 70.3 Å². The van der Waals surface area contributed by atoms with Gasteiger partial charge in [0.1, 0.15) is 11.5 Å². The number of aliphatic hydroxyl groups excluding tert-OH is 1. The predicted octanol–water partition coefficient (Wildman–Crippen LogP) is 5.43. The van der Waals surface area contributed by atoms with E-state index in [0.717, 1.165) is 64.2 Å². The maximum absolute atomic E-state index is 14.0. The minimum atomic E-state index is -0.337. The highest BCUT2D eigenvalue weighted by Crippen LogP contribution is 2.41. The molecule has 2 fully saturated rings. The smallest absolute Gasteiger partial charge is 0.276 e. The van der Waals surface area contributed by atoms with Gasteiger partial charge in [0.25, 0.3) is 5.91 Å². The third-order valence-corrected chi connectivity index (χ3v) is 12.1. The molecule has 296 valence electrons. The van der Waals surface area contributed by atoms with E-state index in [9.17, 15) is 14.7 Å². The number of nitrogens with zero attached hydrogens (tertiary/aromatic N) is 8. The van der Waals surface area contributed by atoms with E-state index >= 15 is 0 Å². The molecule has 1 aliphatic carbocycles. The van der Waals surface area contributed by atoms with Crippen molar-refractivity contribution in [3.8, 4) is 11.3 Å². The van der Waals surface area contributed by atoms with Gasteiger partial charge in [-0.2, -0.15) is 0 Å². The van der Waals surface area contributed by atoms with Crippen LogP contribution in [0.5, 0.6) is 0 Å². The third kappa shape index (κ3) is 6.85. The second-order valence-electron chi connectivity index (χ2n) is 16.5. The lowest BCUT2D eigenvalue weighted by Crippen LogP contribution is -2.56. The van der Waals surface area contributed by atoms with Crippen molar-refractivity contribution in [2.75, 3.05) is 59.8 Å². The number of aliphatic hydroxyl groups is 1. The molecule has 1 aromatic carbocycles. The highest BCUT2D eigenvalue weighted by atomic mass is 16.5. The predicted molar refractivity (Wildman–Crippen MR) is 220 cm³/mol. The Morgan fingerprint density at radius 2 is 1.91 bits per heavy atom. The molecule has 1 atom stereocenters. The summed E-state index contributed by atoms with van der Waals surface area (Å²) in [7, 11) is 0. The van der Waals surface area contributed by atoms with E-state index in [1.807, 2.05) is 47.1 Å². The number of aromatic nitrogens is 5. The van der Waals surface area contributed by atoms with Crippen LogP contribution in [0.25, 0.3) is 16.9 Å². The third-order valence-electron chi connectivity index (χ3n) is 12.1. The Balaban J connectivity index is 1.01. The lowest BCUT2D eigenvalue weighted by Gasteiger charge is -2.45. The van der Waals surface area contributed by atoms with Crippen molar-refractivity contribution in [2.24, 2.45) is 5.41 Å². The molecule has 9 rings (SSSR count). The zero-order valence-corrected chi connectivity index (χ0v) is 32.9. The molecule has 7 heterocycles. The average molecular weight is 771 g/mol. The molecule has 0 radical (unpaired) electrons. The molecule has 4 aromatic heterocycles.